The summed E-state index contributed by atoms with van der Waals surface area (Å²) in [4.78, 5) is 10.4. The lowest BCUT2D eigenvalue weighted by Gasteiger charge is -1.98. The van der Waals surface area contributed by atoms with Crippen molar-refractivity contribution in [3.05, 3.63) is 28.8 Å². The highest BCUT2D eigenvalue weighted by atomic mass is 35.5. The smallest absolute Gasteiger partial charge is 0.337 e. The van der Waals surface area contributed by atoms with Gasteiger partial charge in [0.1, 0.15) is 0 Å². The van der Waals surface area contributed by atoms with Crippen molar-refractivity contribution in [3.8, 4) is 0 Å². The third kappa shape index (κ3) is 3.53. The van der Waals surface area contributed by atoms with E-state index in [1.807, 2.05) is 0 Å². The number of anilines is 1. The Kier molecular flexibility index (Phi) is 5.26. The van der Waals surface area contributed by atoms with Gasteiger partial charge in [0, 0.05) is 17.1 Å². The number of nitrogen functional groups attached to an aromatic ring is 1. The summed E-state index contributed by atoms with van der Waals surface area (Å²) >= 11 is 10.2. The first-order valence-corrected chi connectivity index (χ1v) is 4.41. The highest BCUT2D eigenvalue weighted by Crippen LogP contribution is 2.17. The molecule has 5 heteroatoms. The van der Waals surface area contributed by atoms with Crippen molar-refractivity contribution in [2.45, 2.75) is 0 Å². The number of hydrogen-bond acceptors (Lipinski definition) is 2. The average Bonchev–Trinajstić information content (AvgIpc) is 2.07. The molecule has 0 heterocycles. The molecule has 0 aliphatic heterocycles. The molecule has 0 aromatic heterocycles. The number of carboxylic acid groups (broad SMARTS) is 1. The Morgan fingerprint density at radius 3 is 2.38 bits per heavy atom. The van der Waals surface area contributed by atoms with Crippen LogP contribution in [0.4, 0.5) is 5.69 Å². The first-order valence-electron chi connectivity index (χ1n) is 3.27. The van der Waals surface area contributed by atoms with Gasteiger partial charge in [0.15, 0.2) is 0 Å². The van der Waals surface area contributed by atoms with Gasteiger partial charge in [-0.2, -0.15) is 0 Å². The SMILES string of the molecule is CCl.Nc1cc(Cl)ccc1C(=O)O. The molecule has 0 spiro atoms. The second-order valence-electron chi connectivity index (χ2n) is 2.04. The van der Waals surface area contributed by atoms with Crippen LogP contribution in [0.1, 0.15) is 10.4 Å². The molecule has 72 valence electrons. The number of halogens is 2. The van der Waals surface area contributed by atoms with Gasteiger partial charge < -0.3 is 10.8 Å². The van der Waals surface area contributed by atoms with Crippen molar-refractivity contribution in [1.82, 2.24) is 0 Å². The summed E-state index contributed by atoms with van der Waals surface area (Å²) in [6.07, 6.45) is 1.47. The van der Waals surface area contributed by atoms with Gasteiger partial charge in [-0.3, -0.25) is 0 Å². The fraction of sp³-hybridized carbons (Fsp3) is 0.125. The highest BCUT2D eigenvalue weighted by Gasteiger charge is 2.06. The highest BCUT2D eigenvalue weighted by molar-refractivity contribution is 6.31. The van der Waals surface area contributed by atoms with Gasteiger partial charge >= 0.3 is 5.97 Å². The van der Waals surface area contributed by atoms with Crippen LogP contribution < -0.4 is 5.73 Å². The maximum Gasteiger partial charge on any atom is 0.337 e. The van der Waals surface area contributed by atoms with Gasteiger partial charge in [-0.25, -0.2) is 4.79 Å². The van der Waals surface area contributed by atoms with E-state index in [0.717, 1.165) is 0 Å². The molecule has 0 atom stereocenters. The van der Waals surface area contributed by atoms with Crippen LogP contribution in [-0.2, 0) is 0 Å². The number of hydrogen-bond donors (Lipinski definition) is 2. The zero-order valence-corrected chi connectivity index (χ0v) is 8.43. The lowest BCUT2D eigenvalue weighted by molar-refractivity contribution is 0.0698. The van der Waals surface area contributed by atoms with E-state index >= 15 is 0 Å². The maximum absolute atomic E-state index is 10.4. The summed E-state index contributed by atoms with van der Waals surface area (Å²) in [5.74, 6) is -1.04. The summed E-state index contributed by atoms with van der Waals surface area (Å²) in [5, 5.41) is 8.97. The number of nitrogens with two attached hydrogens (primary N) is 1. The summed E-state index contributed by atoms with van der Waals surface area (Å²) in [6.45, 7) is 0. The van der Waals surface area contributed by atoms with E-state index in [1.165, 1.54) is 24.6 Å². The first-order chi connectivity index (χ1) is 6.11. The lowest BCUT2D eigenvalue weighted by Crippen LogP contribution is -2.01. The van der Waals surface area contributed by atoms with Gasteiger partial charge in [-0.1, -0.05) is 11.6 Å². The van der Waals surface area contributed by atoms with Crippen LogP contribution in [0.2, 0.25) is 5.02 Å². The summed E-state index contributed by atoms with van der Waals surface area (Å²) < 4.78 is 0. The Hall–Kier alpha value is -0.930. The third-order valence-corrected chi connectivity index (χ3v) is 1.48. The second kappa shape index (κ2) is 5.67. The molecule has 3 N–H and O–H groups in total. The number of rotatable bonds is 1. The zero-order chi connectivity index (χ0) is 10.4. The molecular formula is C8H9Cl2NO2. The number of carboxylic acids is 1. The molecule has 0 amide bonds. The molecule has 0 aliphatic carbocycles. The zero-order valence-electron chi connectivity index (χ0n) is 6.92. The van der Waals surface area contributed by atoms with Crippen LogP contribution in [0.5, 0.6) is 0 Å². The fourth-order valence-electron chi connectivity index (χ4n) is 0.728. The van der Waals surface area contributed by atoms with E-state index in [-0.39, 0.29) is 11.3 Å². The lowest BCUT2D eigenvalue weighted by atomic mass is 10.2. The summed E-state index contributed by atoms with van der Waals surface area (Å²) in [5.41, 5.74) is 5.62. The molecule has 0 saturated heterocycles. The quantitative estimate of drug-likeness (QED) is 0.566. The van der Waals surface area contributed by atoms with E-state index in [0.29, 0.717) is 5.02 Å². The molecule has 1 aromatic rings. The normalized spacial score (nSPS) is 8.54. The standard InChI is InChI=1S/C7H6ClNO2.CH3Cl/c8-4-1-2-5(7(10)11)6(9)3-4;1-2/h1-3H,9H2,(H,10,11);1H3. The molecule has 0 bridgehead atoms. The third-order valence-electron chi connectivity index (χ3n) is 1.24. The molecule has 0 saturated carbocycles. The first kappa shape index (κ1) is 12.1. The minimum absolute atomic E-state index is 0.0781. The van der Waals surface area contributed by atoms with E-state index in [4.69, 9.17) is 22.4 Å². The molecule has 0 aliphatic rings. The van der Waals surface area contributed by atoms with Crippen molar-refractivity contribution >= 4 is 34.9 Å². The van der Waals surface area contributed by atoms with E-state index in [2.05, 4.69) is 11.6 Å². The fourth-order valence-corrected chi connectivity index (χ4v) is 0.909. The Labute approximate surface area is 86.1 Å². The number of carbonyl (C=O) groups is 1. The predicted molar refractivity (Wildman–Crippen MR) is 54.6 cm³/mol. The van der Waals surface area contributed by atoms with Crippen LogP contribution in [-0.4, -0.2) is 17.5 Å². The van der Waals surface area contributed by atoms with Crippen molar-refractivity contribution in [3.63, 3.8) is 0 Å². The van der Waals surface area contributed by atoms with Crippen molar-refractivity contribution in [2.75, 3.05) is 12.1 Å². The topological polar surface area (TPSA) is 63.3 Å². The Bertz CT molecular complexity index is 302. The van der Waals surface area contributed by atoms with Crippen LogP contribution in [0.3, 0.4) is 0 Å². The molecule has 3 nitrogen and oxygen atoms in total. The van der Waals surface area contributed by atoms with Crippen molar-refractivity contribution in [2.24, 2.45) is 0 Å². The Morgan fingerprint density at radius 2 is 2.00 bits per heavy atom. The largest absolute Gasteiger partial charge is 0.478 e. The molecule has 0 radical (unpaired) electrons. The van der Waals surface area contributed by atoms with Crippen LogP contribution in [0.25, 0.3) is 0 Å². The molecule has 1 rings (SSSR count). The molecule has 13 heavy (non-hydrogen) atoms. The maximum atomic E-state index is 10.4. The van der Waals surface area contributed by atoms with Gasteiger partial charge in [-0.15, -0.1) is 11.6 Å². The monoisotopic (exact) mass is 221 g/mol. The van der Waals surface area contributed by atoms with Gasteiger partial charge in [0.05, 0.1) is 5.56 Å². The van der Waals surface area contributed by atoms with Crippen molar-refractivity contribution in [1.29, 1.82) is 0 Å². The van der Waals surface area contributed by atoms with Crippen LogP contribution in [0.15, 0.2) is 18.2 Å². The summed E-state index contributed by atoms with van der Waals surface area (Å²) in [7, 11) is 0. The van der Waals surface area contributed by atoms with E-state index in [9.17, 15) is 4.79 Å². The van der Waals surface area contributed by atoms with Gasteiger partial charge in [-0.05, 0) is 18.2 Å². The van der Waals surface area contributed by atoms with E-state index < -0.39 is 5.97 Å². The van der Waals surface area contributed by atoms with Gasteiger partial charge in [0.25, 0.3) is 0 Å². The number of alkyl halides is 1. The van der Waals surface area contributed by atoms with Crippen LogP contribution >= 0.6 is 23.2 Å². The molecule has 1 aromatic carbocycles. The average molecular weight is 222 g/mol. The number of aromatic carboxylic acids is 1. The predicted octanol–water partition coefficient (Wildman–Crippen LogP) is 2.48. The van der Waals surface area contributed by atoms with Crippen LogP contribution in [0, 0.1) is 0 Å². The Balaban J connectivity index is 0.000000671. The van der Waals surface area contributed by atoms with E-state index in [1.54, 1.807) is 0 Å². The second-order valence-corrected chi connectivity index (χ2v) is 2.47. The number of benzene rings is 1. The van der Waals surface area contributed by atoms with Gasteiger partial charge in [0.2, 0.25) is 0 Å². The minimum atomic E-state index is -1.04. The van der Waals surface area contributed by atoms with Crippen molar-refractivity contribution < 1.29 is 9.90 Å². The Morgan fingerprint density at radius 1 is 1.46 bits per heavy atom. The minimum Gasteiger partial charge on any atom is -0.478 e. The summed E-state index contributed by atoms with van der Waals surface area (Å²) in [6, 6.07) is 4.27. The molecular weight excluding hydrogens is 213 g/mol. The molecule has 0 unspecified atom stereocenters. The molecule has 0 fully saturated rings.